The molecule has 2 aromatic rings. The third-order valence-electron chi connectivity index (χ3n) is 5.78. The summed E-state index contributed by atoms with van der Waals surface area (Å²) >= 11 is 0. The first-order chi connectivity index (χ1) is 16.5. The van der Waals surface area contributed by atoms with Crippen molar-refractivity contribution in [2.75, 3.05) is 19.0 Å². The molecule has 2 aromatic carbocycles. The number of carbonyl (C=O) groups excluding carboxylic acids is 3. The molecule has 0 saturated heterocycles. The number of unbranched alkanes of at least 4 members (excludes halogenated alkanes) is 3. The summed E-state index contributed by atoms with van der Waals surface area (Å²) in [6, 6.07) is 15.5. The minimum absolute atomic E-state index is 0.0186. The molecule has 0 spiro atoms. The van der Waals surface area contributed by atoms with Crippen LogP contribution in [0.1, 0.15) is 63.1 Å². The topological polar surface area (TPSA) is 87.7 Å². The Morgan fingerprint density at radius 1 is 1.00 bits per heavy atom. The zero-order valence-electron chi connectivity index (χ0n) is 20.1. The number of nitrogens with one attached hydrogen (secondary N) is 2. The van der Waals surface area contributed by atoms with Gasteiger partial charge >= 0.3 is 12.0 Å². The van der Waals surface area contributed by atoms with Crippen molar-refractivity contribution in [1.29, 1.82) is 0 Å². The molecule has 0 aromatic heterocycles. The van der Waals surface area contributed by atoms with Gasteiger partial charge in [-0.25, -0.2) is 9.59 Å². The van der Waals surface area contributed by atoms with Crippen molar-refractivity contribution in [2.45, 2.75) is 52.0 Å². The summed E-state index contributed by atoms with van der Waals surface area (Å²) in [7, 11) is 1.63. The van der Waals surface area contributed by atoms with Crippen molar-refractivity contribution >= 4 is 29.3 Å². The maximum atomic E-state index is 13.1. The van der Waals surface area contributed by atoms with E-state index >= 15 is 0 Å². The van der Waals surface area contributed by atoms with Crippen LogP contribution < -0.4 is 10.6 Å². The summed E-state index contributed by atoms with van der Waals surface area (Å²) in [5.41, 5.74) is 3.02. The van der Waals surface area contributed by atoms with E-state index in [-0.39, 0.29) is 18.5 Å². The third kappa shape index (κ3) is 6.04. The fraction of sp³-hybridized carbons (Fsp3) is 0.370. The summed E-state index contributed by atoms with van der Waals surface area (Å²) in [6.07, 6.45) is 4.67. The molecule has 1 atom stereocenters. The van der Waals surface area contributed by atoms with Gasteiger partial charge in [-0.1, -0.05) is 68.7 Å². The van der Waals surface area contributed by atoms with Crippen LogP contribution in [0.15, 0.2) is 60.2 Å². The van der Waals surface area contributed by atoms with Gasteiger partial charge in [0.2, 0.25) is 5.91 Å². The second-order valence-corrected chi connectivity index (χ2v) is 8.27. The maximum Gasteiger partial charge on any atom is 0.338 e. The lowest BCUT2D eigenvalue weighted by Crippen LogP contribution is -2.46. The highest BCUT2D eigenvalue weighted by molar-refractivity contribution is 6.04. The number of amides is 3. The van der Waals surface area contributed by atoms with Crippen molar-refractivity contribution in [2.24, 2.45) is 0 Å². The number of carbonyl (C=O) groups is 3. The molecule has 1 unspecified atom stereocenters. The molecule has 0 saturated carbocycles. The fourth-order valence-corrected chi connectivity index (χ4v) is 4.02. The zero-order chi connectivity index (χ0) is 24.5. The quantitative estimate of drug-likeness (QED) is 0.371. The summed E-state index contributed by atoms with van der Waals surface area (Å²) in [6.45, 7) is 4.11. The second kappa shape index (κ2) is 12.0. The van der Waals surface area contributed by atoms with E-state index in [4.69, 9.17) is 4.74 Å². The highest BCUT2D eigenvalue weighted by Gasteiger charge is 2.37. The van der Waals surface area contributed by atoms with Crippen LogP contribution in [0.5, 0.6) is 0 Å². The first kappa shape index (κ1) is 25.0. The first-order valence-electron chi connectivity index (χ1n) is 11.9. The largest absolute Gasteiger partial charge is 0.463 e. The minimum atomic E-state index is -0.684. The van der Waals surface area contributed by atoms with Crippen LogP contribution in [0.3, 0.4) is 0 Å². The van der Waals surface area contributed by atoms with Gasteiger partial charge < -0.3 is 15.4 Å². The molecule has 0 aliphatic carbocycles. The van der Waals surface area contributed by atoms with Gasteiger partial charge in [-0.3, -0.25) is 9.69 Å². The average Bonchev–Trinajstić information content (AvgIpc) is 2.84. The third-order valence-corrected chi connectivity index (χ3v) is 5.78. The Morgan fingerprint density at radius 3 is 2.35 bits per heavy atom. The summed E-state index contributed by atoms with van der Waals surface area (Å²) in [5, 5.41) is 5.83. The van der Waals surface area contributed by atoms with Gasteiger partial charge in [0.15, 0.2) is 0 Å². The van der Waals surface area contributed by atoms with E-state index in [1.807, 2.05) is 42.5 Å². The van der Waals surface area contributed by atoms with E-state index in [9.17, 15) is 14.4 Å². The molecule has 3 rings (SSSR count). The summed E-state index contributed by atoms with van der Waals surface area (Å²) in [5.74, 6) is -0.502. The number of hydrogen-bond donors (Lipinski definition) is 2. The van der Waals surface area contributed by atoms with E-state index in [0.29, 0.717) is 23.4 Å². The molecule has 7 nitrogen and oxygen atoms in total. The van der Waals surface area contributed by atoms with Crippen molar-refractivity contribution in [3.8, 4) is 0 Å². The Balaban J connectivity index is 1.89. The molecule has 7 heteroatoms. The fourth-order valence-electron chi connectivity index (χ4n) is 4.02. The molecule has 1 heterocycles. The number of urea groups is 1. The number of nitrogens with zero attached hydrogens (tertiary/aromatic N) is 1. The highest BCUT2D eigenvalue weighted by Crippen LogP contribution is 2.36. The molecule has 180 valence electrons. The number of ether oxygens (including phenoxy) is 1. The zero-order valence-corrected chi connectivity index (χ0v) is 20.1. The Bertz CT molecular complexity index is 1030. The van der Waals surface area contributed by atoms with Gasteiger partial charge in [0.1, 0.15) is 0 Å². The van der Waals surface area contributed by atoms with Crippen molar-refractivity contribution in [1.82, 2.24) is 10.2 Å². The number of rotatable bonds is 10. The number of benzene rings is 2. The second-order valence-electron chi connectivity index (χ2n) is 8.27. The Morgan fingerprint density at radius 2 is 1.71 bits per heavy atom. The Labute approximate surface area is 201 Å². The van der Waals surface area contributed by atoms with Gasteiger partial charge in [-0.2, -0.15) is 0 Å². The molecule has 0 bridgehead atoms. The Kier molecular flexibility index (Phi) is 8.85. The van der Waals surface area contributed by atoms with Gasteiger partial charge in [0, 0.05) is 19.2 Å². The minimum Gasteiger partial charge on any atom is -0.463 e. The van der Waals surface area contributed by atoms with Crippen molar-refractivity contribution in [3.63, 3.8) is 0 Å². The van der Waals surface area contributed by atoms with E-state index in [2.05, 4.69) is 17.6 Å². The molecular formula is C27H33N3O4. The van der Waals surface area contributed by atoms with E-state index in [0.717, 1.165) is 36.8 Å². The predicted molar refractivity (Wildman–Crippen MR) is 133 cm³/mol. The number of anilines is 1. The van der Waals surface area contributed by atoms with E-state index in [1.165, 1.54) is 4.90 Å². The van der Waals surface area contributed by atoms with Crippen LogP contribution in [0.4, 0.5) is 10.5 Å². The monoisotopic (exact) mass is 463 g/mol. The van der Waals surface area contributed by atoms with Crippen LogP contribution in [-0.2, 0) is 14.3 Å². The molecule has 34 heavy (non-hydrogen) atoms. The summed E-state index contributed by atoms with van der Waals surface area (Å²) in [4.78, 5) is 39.5. The first-order valence-corrected chi connectivity index (χ1v) is 11.9. The summed E-state index contributed by atoms with van der Waals surface area (Å²) < 4.78 is 5.37. The normalized spacial score (nSPS) is 15.7. The van der Waals surface area contributed by atoms with Crippen LogP contribution in [0, 0.1) is 0 Å². The molecule has 0 radical (unpaired) electrons. The highest BCUT2D eigenvalue weighted by atomic mass is 16.5. The van der Waals surface area contributed by atoms with Crippen LogP contribution in [0.25, 0.3) is 5.70 Å². The number of esters is 1. The van der Waals surface area contributed by atoms with Crippen LogP contribution in [-0.4, -0.2) is 36.5 Å². The van der Waals surface area contributed by atoms with Gasteiger partial charge in [-0.05, 0) is 36.6 Å². The molecule has 2 N–H and O–H groups in total. The average molecular weight is 464 g/mol. The lowest BCUT2D eigenvalue weighted by Gasteiger charge is -2.34. The predicted octanol–water partition coefficient (Wildman–Crippen LogP) is 5.27. The van der Waals surface area contributed by atoms with Gasteiger partial charge in [-0.15, -0.1) is 0 Å². The molecule has 0 fully saturated rings. The maximum absolute atomic E-state index is 13.1. The van der Waals surface area contributed by atoms with E-state index in [1.54, 1.807) is 26.1 Å². The lowest BCUT2D eigenvalue weighted by atomic mass is 9.92. The molecule has 1 aliphatic heterocycles. The molecule has 3 amide bonds. The van der Waals surface area contributed by atoms with Gasteiger partial charge in [0.25, 0.3) is 0 Å². The van der Waals surface area contributed by atoms with E-state index < -0.39 is 12.0 Å². The van der Waals surface area contributed by atoms with Crippen LogP contribution in [0.2, 0.25) is 0 Å². The smallest absolute Gasteiger partial charge is 0.338 e. The standard InChI is InChI=1S/C27H33N3O4/c1-4-6-7-11-14-22(31)28-21-17-15-19(16-18-21)24-23(26(32)34-5-2)25(30(3)27(33)29-24)20-12-9-8-10-13-20/h8-10,12-13,15-18,24H,4-7,11,14H2,1-3H3,(H,28,31)(H,29,33). The van der Waals surface area contributed by atoms with Crippen LogP contribution >= 0.6 is 0 Å². The molecular weight excluding hydrogens is 430 g/mol. The number of hydrogen-bond acceptors (Lipinski definition) is 4. The Hall–Kier alpha value is -3.61. The lowest BCUT2D eigenvalue weighted by molar-refractivity contribution is -0.139. The van der Waals surface area contributed by atoms with Gasteiger partial charge in [0.05, 0.1) is 23.9 Å². The van der Waals surface area contributed by atoms with Crippen molar-refractivity contribution < 1.29 is 19.1 Å². The SMILES string of the molecule is CCCCCCC(=O)Nc1ccc(C2NC(=O)N(C)C(c3ccccc3)=C2C(=O)OCC)cc1. The van der Waals surface area contributed by atoms with Crippen molar-refractivity contribution in [3.05, 3.63) is 71.3 Å². The molecule has 1 aliphatic rings.